The molecule has 0 radical (unpaired) electrons. The number of hydrogen-bond donors (Lipinski definition) is 3. The topological polar surface area (TPSA) is 73.2 Å². The molecule has 0 saturated carbocycles. The highest BCUT2D eigenvalue weighted by atomic mass is 16.5. The zero-order chi connectivity index (χ0) is 20.9. The molecule has 3 N–H and O–H groups in total. The molecule has 0 fully saturated rings. The van der Waals surface area contributed by atoms with Crippen LogP contribution in [-0.2, 0) is 4.74 Å². The van der Waals surface area contributed by atoms with Crippen molar-refractivity contribution in [2.75, 3.05) is 46.1 Å². The fourth-order valence-electron chi connectivity index (χ4n) is 3.74. The summed E-state index contributed by atoms with van der Waals surface area (Å²) in [5, 5.41) is 28.9. The minimum Gasteiger partial charge on any atom is -0.396 e. The van der Waals surface area contributed by atoms with Gasteiger partial charge in [0.25, 0.3) is 0 Å². The number of rotatable bonds is 22. The Hall–Kier alpha value is -0.200. The van der Waals surface area contributed by atoms with Crippen LogP contribution in [0, 0.1) is 0 Å². The van der Waals surface area contributed by atoms with Gasteiger partial charge in [0, 0.05) is 26.4 Å². The number of unbranched alkanes of at least 4 members (excludes halogenated alkanes) is 6. The molecule has 0 saturated heterocycles. The Morgan fingerprint density at radius 2 is 1.14 bits per heavy atom. The molecule has 0 amide bonds. The van der Waals surface area contributed by atoms with E-state index in [1.54, 1.807) is 0 Å². The van der Waals surface area contributed by atoms with E-state index in [1.807, 2.05) is 0 Å². The zero-order valence-corrected chi connectivity index (χ0v) is 18.8. The second kappa shape index (κ2) is 20.1. The Morgan fingerprint density at radius 1 is 0.643 bits per heavy atom. The summed E-state index contributed by atoms with van der Waals surface area (Å²) in [4.78, 5) is 2.45. The largest absolute Gasteiger partial charge is 0.396 e. The van der Waals surface area contributed by atoms with Gasteiger partial charge in [-0.15, -0.1) is 0 Å². The fraction of sp³-hybridized carbons (Fsp3) is 1.00. The molecule has 0 atom stereocenters. The molecule has 0 rings (SSSR count). The lowest BCUT2D eigenvalue weighted by Gasteiger charge is -2.29. The summed E-state index contributed by atoms with van der Waals surface area (Å²) >= 11 is 0. The van der Waals surface area contributed by atoms with Gasteiger partial charge in [-0.05, 0) is 58.0 Å². The van der Waals surface area contributed by atoms with E-state index in [0.29, 0.717) is 13.0 Å². The first-order chi connectivity index (χ1) is 13.6. The Bertz CT molecular complexity index is 295. The van der Waals surface area contributed by atoms with E-state index in [0.717, 1.165) is 90.4 Å². The first-order valence-electron chi connectivity index (χ1n) is 11.9. The molecule has 170 valence electrons. The molecular weight excluding hydrogens is 354 g/mol. The molecular formula is C23H49NO4. The van der Waals surface area contributed by atoms with Crippen LogP contribution in [-0.4, -0.2) is 71.9 Å². The van der Waals surface area contributed by atoms with Gasteiger partial charge in [0.15, 0.2) is 0 Å². The standard InChI is InChI=1S/C23H49NO4/c1-3-16-24(17-4-2)18-22-28-21-15-23(27,13-9-5-7-11-19-25)14-10-6-8-12-20-26/h25-27H,3-22H2,1-2H3. The van der Waals surface area contributed by atoms with Crippen LogP contribution in [0.15, 0.2) is 0 Å². The molecule has 0 unspecified atom stereocenters. The maximum absolute atomic E-state index is 11.1. The van der Waals surface area contributed by atoms with E-state index in [-0.39, 0.29) is 13.2 Å². The van der Waals surface area contributed by atoms with Gasteiger partial charge in [-0.25, -0.2) is 0 Å². The van der Waals surface area contributed by atoms with E-state index < -0.39 is 5.60 Å². The van der Waals surface area contributed by atoms with Crippen molar-refractivity contribution in [2.24, 2.45) is 0 Å². The highest BCUT2D eigenvalue weighted by Crippen LogP contribution is 2.26. The van der Waals surface area contributed by atoms with Crippen molar-refractivity contribution in [3.63, 3.8) is 0 Å². The minimum atomic E-state index is -0.634. The number of aliphatic hydroxyl groups excluding tert-OH is 2. The predicted octanol–water partition coefficient (Wildman–Crippen LogP) is 4.13. The SMILES string of the molecule is CCCN(CCC)CCOCCC(O)(CCCCCCO)CCCCCCO. The first kappa shape index (κ1) is 27.8. The smallest absolute Gasteiger partial charge is 0.0669 e. The van der Waals surface area contributed by atoms with Gasteiger partial charge in [-0.2, -0.15) is 0 Å². The van der Waals surface area contributed by atoms with E-state index in [1.165, 1.54) is 12.8 Å². The van der Waals surface area contributed by atoms with Crippen LogP contribution in [0.5, 0.6) is 0 Å². The number of hydrogen-bond acceptors (Lipinski definition) is 5. The third-order valence-corrected chi connectivity index (χ3v) is 5.44. The average Bonchev–Trinajstić information content (AvgIpc) is 2.68. The maximum atomic E-state index is 11.1. The lowest BCUT2D eigenvalue weighted by molar-refractivity contribution is -0.0191. The molecule has 0 heterocycles. The molecule has 0 aromatic carbocycles. The second-order valence-electron chi connectivity index (χ2n) is 8.20. The first-order valence-corrected chi connectivity index (χ1v) is 11.9. The molecule has 0 aliphatic heterocycles. The highest BCUT2D eigenvalue weighted by Gasteiger charge is 2.25. The van der Waals surface area contributed by atoms with E-state index in [4.69, 9.17) is 14.9 Å². The summed E-state index contributed by atoms with van der Waals surface area (Å²) in [5.74, 6) is 0. The van der Waals surface area contributed by atoms with Gasteiger partial charge in [-0.1, -0.05) is 52.4 Å². The van der Waals surface area contributed by atoms with E-state index >= 15 is 0 Å². The van der Waals surface area contributed by atoms with Crippen molar-refractivity contribution in [2.45, 2.75) is 103 Å². The van der Waals surface area contributed by atoms with Crippen molar-refractivity contribution in [3.8, 4) is 0 Å². The number of ether oxygens (including phenoxy) is 1. The summed E-state index contributed by atoms with van der Waals surface area (Å²) in [5.41, 5.74) is -0.634. The Kier molecular flexibility index (Phi) is 19.9. The summed E-state index contributed by atoms with van der Waals surface area (Å²) in [6.07, 6.45) is 12.6. The molecule has 0 bridgehead atoms. The van der Waals surface area contributed by atoms with Crippen molar-refractivity contribution >= 4 is 0 Å². The van der Waals surface area contributed by atoms with Crippen LogP contribution in [0.25, 0.3) is 0 Å². The Balaban J connectivity index is 4.18. The van der Waals surface area contributed by atoms with Crippen molar-refractivity contribution < 1.29 is 20.1 Å². The molecule has 5 heteroatoms. The third kappa shape index (κ3) is 16.7. The Labute approximate surface area is 174 Å². The van der Waals surface area contributed by atoms with Gasteiger partial charge in [-0.3, -0.25) is 0 Å². The monoisotopic (exact) mass is 403 g/mol. The highest BCUT2D eigenvalue weighted by molar-refractivity contribution is 4.78. The van der Waals surface area contributed by atoms with E-state index in [9.17, 15) is 5.11 Å². The Morgan fingerprint density at radius 3 is 1.61 bits per heavy atom. The molecule has 0 aliphatic carbocycles. The van der Waals surface area contributed by atoms with Crippen LogP contribution in [0.1, 0.15) is 97.3 Å². The molecule has 28 heavy (non-hydrogen) atoms. The molecule has 0 aliphatic rings. The molecule has 0 aromatic heterocycles. The summed E-state index contributed by atoms with van der Waals surface area (Å²) in [7, 11) is 0. The molecule has 0 spiro atoms. The molecule has 0 aromatic rings. The lowest BCUT2D eigenvalue weighted by atomic mass is 9.87. The second-order valence-corrected chi connectivity index (χ2v) is 8.20. The number of nitrogens with zero attached hydrogens (tertiary/aromatic N) is 1. The summed E-state index contributed by atoms with van der Waals surface area (Å²) < 4.78 is 5.87. The van der Waals surface area contributed by atoms with Gasteiger partial charge >= 0.3 is 0 Å². The van der Waals surface area contributed by atoms with Crippen LogP contribution < -0.4 is 0 Å². The predicted molar refractivity (Wildman–Crippen MR) is 118 cm³/mol. The number of aliphatic hydroxyl groups is 3. The fourth-order valence-corrected chi connectivity index (χ4v) is 3.74. The third-order valence-electron chi connectivity index (χ3n) is 5.44. The normalized spacial score (nSPS) is 12.2. The lowest BCUT2D eigenvalue weighted by Crippen LogP contribution is -2.32. The zero-order valence-electron chi connectivity index (χ0n) is 18.8. The van der Waals surface area contributed by atoms with Gasteiger partial charge in [0.1, 0.15) is 0 Å². The maximum Gasteiger partial charge on any atom is 0.0669 e. The van der Waals surface area contributed by atoms with E-state index in [2.05, 4.69) is 18.7 Å². The van der Waals surface area contributed by atoms with Crippen molar-refractivity contribution in [3.05, 3.63) is 0 Å². The van der Waals surface area contributed by atoms with Crippen LogP contribution in [0.4, 0.5) is 0 Å². The van der Waals surface area contributed by atoms with Gasteiger partial charge < -0.3 is 25.0 Å². The van der Waals surface area contributed by atoms with Crippen LogP contribution in [0.3, 0.4) is 0 Å². The minimum absolute atomic E-state index is 0.260. The average molecular weight is 404 g/mol. The van der Waals surface area contributed by atoms with Crippen molar-refractivity contribution in [1.29, 1.82) is 0 Å². The van der Waals surface area contributed by atoms with Crippen LogP contribution in [0.2, 0.25) is 0 Å². The van der Waals surface area contributed by atoms with Crippen LogP contribution >= 0.6 is 0 Å². The van der Waals surface area contributed by atoms with Gasteiger partial charge in [0.2, 0.25) is 0 Å². The quantitative estimate of drug-likeness (QED) is 0.237. The molecule has 5 nitrogen and oxygen atoms in total. The van der Waals surface area contributed by atoms with Gasteiger partial charge in [0.05, 0.1) is 12.2 Å². The summed E-state index contributed by atoms with van der Waals surface area (Å²) in [6.45, 7) is 9.54. The van der Waals surface area contributed by atoms with Crippen molar-refractivity contribution in [1.82, 2.24) is 4.90 Å². The summed E-state index contributed by atoms with van der Waals surface area (Å²) in [6, 6.07) is 0.